The third-order valence-electron chi connectivity index (χ3n) is 6.48. The number of nitrogens with one attached hydrogen (secondary N) is 1. The Balaban J connectivity index is 1.50. The summed E-state index contributed by atoms with van der Waals surface area (Å²) in [5.74, 6) is 0.886. The molecule has 0 bridgehead atoms. The molecule has 2 heterocycles. The number of piperazine rings is 1. The fourth-order valence-corrected chi connectivity index (χ4v) is 4.52. The van der Waals surface area contributed by atoms with Crippen LogP contribution in [-0.4, -0.2) is 42.5 Å². The third-order valence-corrected chi connectivity index (χ3v) is 6.73. The SMILES string of the molecule is CC[NH+]1CCN(c2cnn(-c3ccc(Cl)cc3)c(=O)c2Oc2ccc(-c3ccccc3)cc2)CC1. The van der Waals surface area contributed by atoms with E-state index >= 15 is 0 Å². The lowest BCUT2D eigenvalue weighted by Gasteiger charge is -2.33. The average molecular weight is 488 g/mol. The largest absolute Gasteiger partial charge is 0.449 e. The molecule has 35 heavy (non-hydrogen) atoms. The first-order valence-electron chi connectivity index (χ1n) is 11.9. The second kappa shape index (κ2) is 10.3. The van der Waals surface area contributed by atoms with Crippen molar-refractivity contribution in [3.05, 3.63) is 100 Å². The fourth-order valence-electron chi connectivity index (χ4n) is 4.40. The summed E-state index contributed by atoms with van der Waals surface area (Å²) < 4.78 is 7.64. The van der Waals surface area contributed by atoms with E-state index in [0.717, 1.165) is 49.5 Å². The van der Waals surface area contributed by atoms with Gasteiger partial charge < -0.3 is 14.5 Å². The van der Waals surface area contributed by atoms with Gasteiger partial charge in [0.15, 0.2) is 0 Å². The zero-order valence-corrected chi connectivity index (χ0v) is 20.4. The van der Waals surface area contributed by atoms with E-state index in [4.69, 9.17) is 16.3 Å². The lowest BCUT2D eigenvalue weighted by molar-refractivity contribution is -0.898. The maximum Gasteiger partial charge on any atom is 0.316 e. The van der Waals surface area contributed by atoms with Crippen molar-refractivity contribution < 1.29 is 9.64 Å². The molecule has 1 aromatic heterocycles. The van der Waals surface area contributed by atoms with Crippen molar-refractivity contribution in [2.24, 2.45) is 0 Å². The molecule has 3 aromatic carbocycles. The molecule has 1 fully saturated rings. The minimum absolute atomic E-state index is 0.280. The molecule has 1 aliphatic heterocycles. The zero-order valence-electron chi connectivity index (χ0n) is 19.7. The van der Waals surface area contributed by atoms with Crippen molar-refractivity contribution >= 4 is 17.3 Å². The molecular formula is C28H28ClN4O2+. The van der Waals surface area contributed by atoms with Gasteiger partial charge in [0.25, 0.3) is 0 Å². The summed E-state index contributed by atoms with van der Waals surface area (Å²) in [6.45, 7) is 7.02. The summed E-state index contributed by atoms with van der Waals surface area (Å²) in [4.78, 5) is 17.4. The van der Waals surface area contributed by atoms with Crippen molar-refractivity contribution in [2.75, 3.05) is 37.6 Å². The predicted molar refractivity (Wildman–Crippen MR) is 140 cm³/mol. The second-order valence-corrected chi connectivity index (χ2v) is 9.07. The Morgan fingerprint density at radius 3 is 2.23 bits per heavy atom. The van der Waals surface area contributed by atoms with Gasteiger partial charge >= 0.3 is 5.56 Å². The lowest BCUT2D eigenvalue weighted by Crippen LogP contribution is -3.14. The van der Waals surface area contributed by atoms with Gasteiger partial charge in [-0.05, 0) is 54.4 Å². The van der Waals surface area contributed by atoms with Gasteiger partial charge in [-0.2, -0.15) is 9.78 Å². The maximum atomic E-state index is 13.6. The fraction of sp³-hybridized carbons (Fsp3) is 0.214. The van der Waals surface area contributed by atoms with Crippen LogP contribution < -0.4 is 20.1 Å². The van der Waals surface area contributed by atoms with Crippen LogP contribution in [0, 0.1) is 0 Å². The van der Waals surface area contributed by atoms with Gasteiger partial charge in [-0.15, -0.1) is 0 Å². The molecular weight excluding hydrogens is 460 g/mol. The van der Waals surface area contributed by atoms with E-state index in [9.17, 15) is 4.79 Å². The smallest absolute Gasteiger partial charge is 0.316 e. The number of anilines is 1. The Morgan fingerprint density at radius 2 is 1.57 bits per heavy atom. The van der Waals surface area contributed by atoms with Crippen LogP contribution in [0.4, 0.5) is 5.69 Å². The molecule has 0 spiro atoms. The molecule has 0 radical (unpaired) electrons. The number of nitrogens with zero attached hydrogens (tertiary/aromatic N) is 3. The van der Waals surface area contributed by atoms with E-state index in [1.807, 2.05) is 42.5 Å². The molecule has 0 atom stereocenters. The molecule has 5 rings (SSSR count). The van der Waals surface area contributed by atoms with Crippen LogP contribution in [0.25, 0.3) is 16.8 Å². The zero-order chi connectivity index (χ0) is 24.2. The number of aromatic nitrogens is 2. The van der Waals surface area contributed by atoms with Crippen molar-refractivity contribution in [3.8, 4) is 28.3 Å². The number of quaternary nitrogens is 1. The summed E-state index contributed by atoms with van der Waals surface area (Å²) in [5.41, 5.74) is 3.27. The van der Waals surface area contributed by atoms with Crippen molar-refractivity contribution in [1.82, 2.24) is 9.78 Å². The van der Waals surface area contributed by atoms with Gasteiger partial charge in [0.1, 0.15) is 11.4 Å². The van der Waals surface area contributed by atoms with Crippen molar-refractivity contribution in [2.45, 2.75) is 6.92 Å². The van der Waals surface area contributed by atoms with Crippen LogP contribution in [0.1, 0.15) is 6.92 Å². The molecule has 1 aliphatic rings. The van der Waals surface area contributed by atoms with E-state index in [1.165, 1.54) is 4.68 Å². The average Bonchev–Trinajstić information content (AvgIpc) is 2.91. The van der Waals surface area contributed by atoms with Crippen LogP contribution in [0.5, 0.6) is 11.5 Å². The maximum absolute atomic E-state index is 13.6. The number of ether oxygens (including phenoxy) is 1. The number of hydrogen-bond donors (Lipinski definition) is 1. The predicted octanol–water partition coefficient (Wildman–Crippen LogP) is 4.07. The lowest BCUT2D eigenvalue weighted by atomic mass is 10.1. The highest BCUT2D eigenvalue weighted by Gasteiger charge is 2.25. The van der Waals surface area contributed by atoms with E-state index in [-0.39, 0.29) is 11.3 Å². The Bertz CT molecular complexity index is 1330. The molecule has 1 saturated heterocycles. The summed E-state index contributed by atoms with van der Waals surface area (Å²) >= 11 is 6.04. The number of rotatable bonds is 6. The number of hydrogen-bond acceptors (Lipinski definition) is 4. The van der Waals surface area contributed by atoms with Gasteiger partial charge in [0.2, 0.25) is 5.75 Å². The van der Waals surface area contributed by atoms with Crippen molar-refractivity contribution in [1.29, 1.82) is 0 Å². The van der Waals surface area contributed by atoms with E-state index in [0.29, 0.717) is 16.5 Å². The molecule has 6 nitrogen and oxygen atoms in total. The molecule has 0 aliphatic carbocycles. The molecule has 178 valence electrons. The normalized spacial score (nSPS) is 14.2. The standard InChI is InChI=1S/C28H27ClN4O2/c1-2-31-16-18-32(19-17-31)26-20-30-33(24-12-10-23(29)11-13-24)28(34)27(26)35-25-14-8-22(9-15-25)21-6-4-3-5-7-21/h3-15,20H,2,16-19H2,1H3/p+1. The van der Waals surface area contributed by atoms with Crippen LogP contribution >= 0.6 is 11.6 Å². The Hall–Kier alpha value is -3.61. The van der Waals surface area contributed by atoms with Gasteiger partial charge in [-0.3, -0.25) is 4.79 Å². The van der Waals surface area contributed by atoms with Gasteiger partial charge in [-0.25, -0.2) is 0 Å². The number of likely N-dealkylation sites (N-methyl/N-ethyl adjacent to an activating group) is 1. The monoisotopic (exact) mass is 487 g/mol. The van der Waals surface area contributed by atoms with Crippen LogP contribution in [-0.2, 0) is 0 Å². The first-order valence-corrected chi connectivity index (χ1v) is 12.3. The molecule has 1 N–H and O–H groups in total. The number of halogens is 1. The highest BCUT2D eigenvalue weighted by Crippen LogP contribution is 2.30. The molecule has 0 amide bonds. The minimum Gasteiger partial charge on any atom is -0.449 e. The number of benzene rings is 3. The van der Waals surface area contributed by atoms with Gasteiger partial charge in [-0.1, -0.05) is 54.1 Å². The van der Waals surface area contributed by atoms with Gasteiger partial charge in [0, 0.05) is 5.02 Å². The second-order valence-electron chi connectivity index (χ2n) is 8.64. The molecule has 4 aromatic rings. The Morgan fingerprint density at radius 1 is 0.914 bits per heavy atom. The topological polar surface area (TPSA) is 51.8 Å². The highest BCUT2D eigenvalue weighted by atomic mass is 35.5. The van der Waals surface area contributed by atoms with Crippen LogP contribution in [0.15, 0.2) is 89.9 Å². The Labute approximate surface area is 210 Å². The van der Waals surface area contributed by atoms with Crippen LogP contribution in [0.2, 0.25) is 5.02 Å². The Kier molecular flexibility index (Phi) is 6.84. The van der Waals surface area contributed by atoms with Crippen LogP contribution in [0.3, 0.4) is 0 Å². The quantitative estimate of drug-likeness (QED) is 0.445. The summed E-state index contributed by atoms with van der Waals surface area (Å²) in [7, 11) is 0. The summed E-state index contributed by atoms with van der Waals surface area (Å²) in [6.07, 6.45) is 1.74. The first kappa shape index (κ1) is 23.1. The highest BCUT2D eigenvalue weighted by molar-refractivity contribution is 6.30. The van der Waals surface area contributed by atoms with E-state index in [2.05, 4.69) is 29.1 Å². The molecule has 0 unspecified atom stereocenters. The third kappa shape index (κ3) is 5.09. The molecule has 7 heteroatoms. The van der Waals surface area contributed by atoms with Gasteiger partial charge in [0.05, 0.1) is 44.6 Å². The summed E-state index contributed by atoms with van der Waals surface area (Å²) in [5, 5.41) is 5.08. The summed E-state index contributed by atoms with van der Waals surface area (Å²) in [6, 6.07) is 25.0. The van der Waals surface area contributed by atoms with E-state index < -0.39 is 0 Å². The minimum atomic E-state index is -0.303. The van der Waals surface area contributed by atoms with E-state index in [1.54, 1.807) is 35.4 Å². The molecule has 0 saturated carbocycles. The first-order chi connectivity index (χ1) is 17.1. The van der Waals surface area contributed by atoms with Crippen molar-refractivity contribution in [3.63, 3.8) is 0 Å².